The molecular formula is C23H20N2O5. The van der Waals surface area contributed by atoms with E-state index < -0.39 is 11.4 Å². The van der Waals surface area contributed by atoms with Crippen LogP contribution in [0.15, 0.2) is 57.7 Å². The minimum Gasteiger partial charge on any atom is -0.450 e. The molecule has 2 amide bonds. The maximum atomic E-state index is 13.9. The largest absolute Gasteiger partial charge is 0.450 e. The Kier molecular flexibility index (Phi) is 4.04. The number of rotatable bonds is 4. The molecular weight excluding hydrogens is 384 g/mol. The standard InChI is InChI=1S/C23H20N2O5/c1-3-24-16-10-6-5-9-15(16)23(22(24)28)18-19(26)14-8-4-7-11-17(14)30-20(18)21(27)25(23)12-13-29-2/h4-11H,3,12-13H2,1-2H3. The van der Waals surface area contributed by atoms with Gasteiger partial charge in [-0.2, -0.15) is 0 Å². The highest BCUT2D eigenvalue weighted by atomic mass is 16.5. The van der Waals surface area contributed by atoms with Crippen LogP contribution in [0.3, 0.4) is 0 Å². The molecule has 7 nitrogen and oxygen atoms in total. The van der Waals surface area contributed by atoms with Crippen LogP contribution < -0.4 is 10.3 Å². The molecule has 0 bridgehead atoms. The highest BCUT2D eigenvalue weighted by molar-refractivity contribution is 6.17. The Labute approximate surface area is 172 Å². The molecule has 2 aromatic carbocycles. The first-order valence-electron chi connectivity index (χ1n) is 9.86. The van der Waals surface area contributed by atoms with Crippen molar-refractivity contribution in [2.75, 3.05) is 31.7 Å². The first kappa shape index (κ1) is 18.6. The van der Waals surface area contributed by atoms with Crippen molar-refractivity contribution < 1.29 is 18.7 Å². The zero-order valence-corrected chi connectivity index (χ0v) is 16.7. The fourth-order valence-corrected chi connectivity index (χ4v) is 4.73. The molecule has 152 valence electrons. The summed E-state index contributed by atoms with van der Waals surface area (Å²) in [5, 5.41) is 0.345. The molecule has 1 aromatic heterocycles. The van der Waals surface area contributed by atoms with Crippen LogP contribution in [0.25, 0.3) is 11.0 Å². The third-order valence-electron chi connectivity index (χ3n) is 5.98. The second-order valence-electron chi connectivity index (χ2n) is 7.36. The van der Waals surface area contributed by atoms with Gasteiger partial charge in [0.25, 0.3) is 11.8 Å². The molecule has 0 aliphatic carbocycles. The molecule has 0 saturated carbocycles. The molecule has 0 fully saturated rings. The fraction of sp³-hybridized carbons (Fsp3) is 0.261. The first-order valence-corrected chi connectivity index (χ1v) is 9.86. The van der Waals surface area contributed by atoms with Gasteiger partial charge in [0.15, 0.2) is 11.0 Å². The van der Waals surface area contributed by atoms with E-state index in [1.165, 1.54) is 12.0 Å². The van der Waals surface area contributed by atoms with Crippen LogP contribution in [-0.2, 0) is 15.1 Å². The fourth-order valence-electron chi connectivity index (χ4n) is 4.73. The van der Waals surface area contributed by atoms with Gasteiger partial charge in [-0.1, -0.05) is 30.3 Å². The van der Waals surface area contributed by atoms with Crippen LogP contribution in [0.4, 0.5) is 5.69 Å². The number of hydrogen-bond donors (Lipinski definition) is 0. The number of methoxy groups -OCH3 is 1. The number of hydrogen-bond acceptors (Lipinski definition) is 5. The molecule has 0 radical (unpaired) electrons. The third-order valence-corrected chi connectivity index (χ3v) is 5.98. The van der Waals surface area contributed by atoms with Gasteiger partial charge in [0.1, 0.15) is 5.58 Å². The quantitative estimate of drug-likeness (QED) is 0.668. The highest BCUT2D eigenvalue weighted by Gasteiger charge is 2.64. The van der Waals surface area contributed by atoms with E-state index in [-0.39, 0.29) is 35.8 Å². The maximum absolute atomic E-state index is 13.9. The average molecular weight is 404 g/mol. The summed E-state index contributed by atoms with van der Waals surface area (Å²) in [5.41, 5.74) is -0.188. The summed E-state index contributed by atoms with van der Waals surface area (Å²) in [7, 11) is 1.53. The molecule has 30 heavy (non-hydrogen) atoms. The lowest BCUT2D eigenvalue weighted by Gasteiger charge is -2.34. The van der Waals surface area contributed by atoms with Crippen molar-refractivity contribution in [3.8, 4) is 0 Å². The first-order chi connectivity index (χ1) is 14.6. The second kappa shape index (κ2) is 6.53. The van der Waals surface area contributed by atoms with Gasteiger partial charge in [0, 0.05) is 25.8 Å². The van der Waals surface area contributed by atoms with Gasteiger partial charge in [-0.05, 0) is 25.1 Å². The number of para-hydroxylation sites is 2. The summed E-state index contributed by atoms with van der Waals surface area (Å²) in [5.74, 6) is -0.876. The number of ether oxygens (including phenoxy) is 1. The Bertz CT molecular complexity index is 1260. The summed E-state index contributed by atoms with van der Waals surface area (Å²) in [6, 6.07) is 14.1. The van der Waals surface area contributed by atoms with Crippen molar-refractivity contribution in [2.45, 2.75) is 12.5 Å². The molecule has 0 N–H and O–H groups in total. The summed E-state index contributed by atoms with van der Waals surface area (Å²) in [6.07, 6.45) is 0. The summed E-state index contributed by atoms with van der Waals surface area (Å²) >= 11 is 0. The van der Waals surface area contributed by atoms with Crippen LogP contribution in [-0.4, -0.2) is 43.5 Å². The van der Waals surface area contributed by atoms with Gasteiger partial charge in [-0.25, -0.2) is 0 Å². The van der Waals surface area contributed by atoms with E-state index in [1.807, 2.05) is 25.1 Å². The van der Waals surface area contributed by atoms with Gasteiger partial charge < -0.3 is 19.0 Å². The lowest BCUT2D eigenvalue weighted by molar-refractivity contribution is -0.126. The van der Waals surface area contributed by atoms with Crippen molar-refractivity contribution in [1.82, 2.24) is 4.90 Å². The lowest BCUT2D eigenvalue weighted by atomic mass is 9.84. The van der Waals surface area contributed by atoms with Crippen molar-refractivity contribution >= 4 is 28.5 Å². The van der Waals surface area contributed by atoms with E-state index in [2.05, 4.69) is 0 Å². The van der Waals surface area contributed by atoms with E-state index in [0.717, 1.165) is 0 Å². The monoisotopic (exact) mass is 404 g/mol. The van der Waals surface area contributed by atoms with Crippen LogP contribution in [0.5, 0.6) is 0 Å². The Morgan fingerprint density at radius 2 is 1.77 bits per heavy atom. The molecule has 2 aliphatic heterocycles. The Morgan fingerprint density at radius 3 is 2.53 bits per heavy atom. The number of likely N-dealkylation sites (N-methyl/N-ethyl adjacent to an activating group) is 1. The SMILES string of the molecule is CCN1C(=O)C2(c3ccccc31)c1c(oc3ccccc3c1=O)C(=O)N2CCOC. The molecule has 1 unspecified atom stereocenters. The smallest absolute Gasteiger partial charge is 0.291 e. The molecule has 1 spiro atoms. The number of fused-ring (bicyclic) bond motifs is 5. The van der Waals surface area contributed by atoms with Crippen LogP contribution in [0, 0.1) is 0 Å². The zero-order chi connectivity index (χ0) is 21.0. The van der Waals surface area contributed by atoms with Gasteiger partial charge >= 0.3 is 0 Å². The lowest BCUT2D eigenvalue weighted by Crippen LogP contribution is -2.54. The normalized spacial score (nSPS) is 19.8. The Morgan fingerprint density at radius 1 is 1.03 bits per heavy atom. The molecule has 5 rings (SSSR count). The molecule has 3 heterocycles. The van der Waals surface area contributed by atoms with E-state index >= 15 is 0 Å². The average Bonchev–Trinajstić information content (AvgIpc) is 3.16. The minimum atomic E-state index is -1.55. The van der Waals surface area contributed by atoms with Crippen molar-refractivity contribution in [2.24, 2.45) is 0 Å². The number of benzene rings is 2. The number of amides is 2. The van der Waals surface area contributed by atoms with Crippen LogP contribution >= 0.6 is 0 Å². The predicted molar refractivity (Wildman–Crippen MR) is 111 cm³/mol. The molecule has 7 heteroatoms. The molecule has 0 saturated heterocycles. The number of carbonyl (C=O) groups excluding carboxylic acids is 2. The van der Waals surface area contributed by atoms with Crippen LogP contribution in [0.1, 0.15) is 28.6 Å². The molecule has 3 aromatic rings. The van der Waals surface area contributed by atoms with Gasteiger partial charge in [-0.3, -0.25) is 14.4 Å². The Hall–Kier alpha value is -3.45. The van der Waals surface area contributed by atoms with Crippen molar-refractivity contribution in [3.05, 3.63) is 75.6 Å². The minimum absolute atomic E-state index is 0.0732. The van der Waals surface area contributed by atoms with E-state index in [0.29, 0.717) is 28.8 Å². The molecule has 2 aliphatic rings. The number of carbonyl (C=O) groups is 2. The highest BCUT2D eigenvalue weighted by Crippen LogP contribution is 2.52. The van der Waals surface area contributed by atoms with E-state index in [1.54, 1.807) is 35.2 Å². The van der Waals surface area contributed by atoms with Gasteiger partial charge in [0.05, 0.1) is 23.2 Å². The number of anilines is 1. The topological polar surface area (TPSA) is 80.1 Å². The number of nitrogens with zero attached hydrogens (tertiary/aromatic N) is 2. The summed E-state index contributed by atoms with van der Waals surface area (Å²) < 4.78 is 11.1. The second-order valence-corrected chi connectivity index (χ2v) is 7.36. The summed E-state index contributed by atoms with van der Waals surface area (Å²) in [6.45, 7) is 2.65. The van der Waals surface area contributed by atoms with Crippen LogP contribution in [0.2, 0.25) is 0 Å². The maximum Gasteiger partial charge on any atom is 0.291 e. The zero-order valence-electron chi connectivity index (χ0n) is 16.7. The Balaban J connectivity index is 1.92. The third kappa shape index (κ3) is 2.10. The van der Waals surface area contributed by atoms with E-state index in [4.69, 9.17) is 9.15 Å². The van der Waals surface area contributed by atoms with Gasteiger partial charge in [-0.15, -0.1) is 0 Å². The van der Waals surface area contributed by atoms with E-state index in [9.17, 15) is 14.4 Å². The van der Waals surface area contributed by atoms with Crippen molar-refractivity contribution in [3.63, 3.8) is 0 Å². The van der Waals surface area contributed by atoms with Crippen molar-refractivity contribution in [1.29, 1.82) is 0 Å². The molecule has 1 atom stereocenters. The summed E-state index contributed by atoms with van der Waals surface area (Å²) in [4.78, 5) is 44.1. The van der Waals surface area contributed by atoms with Gasteiger partial charge in [0.2, 0.25) is 5.76 Å². The predicted octanol–water partition coefficient (Wildman–Crippen LogP) is 2.51.